The molecule has 4 aromatic carbocycles. The van der Waals surface area contributed by atoms with Crippen molar-refractivity contribution in [3.63, 3.8) is 0 Å². The zero-order valence-electron chi connectivity index (χ0n) is 83.7. The number of nitrogens with one attached hydrogen (secondary N) is 8. The number of urea groups is 1. The zero-order valence-corrected chi connectivity index (χ0v) is 84.5. The van der Waals surface area contributed by atoms with Crippen LogP contribution in [0.3, 0.4) is 0 Å². The molecule has 10 fully saturated rings. The Morgan fingerprint density at radius 1 is 0.504 bits per heavy atom. The molecule has 4 aromatic rings. The minimum absolute atomic E-state index is 0.0274. The third kappa shape index (κ3) is 21.9. The van der Waals surface area contributed by atoms with Gasteiger partial charge in [0.25, 0.3) is 11.8 Å². The highest BCUT2D eigenvalue weighted by Crippen LogP contribution is 2.68. The Labute approximate surface area is 828 Å². The lowest BCUT2D eigenvalue weighted by Crippen LogP contribution is -2.55. The van der Waals surface area contributed by atoms with E-state index in [-0.39, 0.29) is 124 Å². The van der Waals surface area contributed by atoms with E-state index in [0.717, 1.165) is 167 Å². The Bertz CT molecular complexity index is 5200. The highest BCUT2D eigenvalue weighted by atomic mass is 32.2. The van der Waals surface area contributed by atoms with Crippen molar-refractivity contribution in [1.29, 1.82) is 0 Å². The Morgan fingerprint density at radius 3 is 1.40 bits per heavy atom. The molecule has 0 aromatic heterocycles. The molecular formula is C114H157N11O13S. The summed E-state index contributed by atoms with van der Waals surface area (Å²) in [4.78, 5) is 123. The number of carbonyl (C=O) groups is 9. The SMILES string of the molecule is CC1=C2C[C@H]3[C@@H](CC=C4C[C@@H](O)CC[C@@]43C)[C@@H]2CCC12O[C@@H]1C[C@H](C)CN(CCNC(=O)C(CCCCN)NC(=O)c3ccc(C(=O)c4ccccc4)cc3)[C@H]1[C@H]2C.CC1=C2C[C@H]3[C@@H](CC=C4C[C@@H](O)CC[C@@]43C)[C@@H]2CCC12O[C@@H]1C[C@H](C)CN(CCNC(=O)C(CCCCNC(=O)CCCCCNC(=O)CCCCC3SC[C@@H]4NC(=O)N[C@H]34)NC(=O)c3ccc(C(=O)c4ccccc4)cc3)[C@H]1[C@H]2C. The fourth-order valence-corrected chi connectivity index (χ4v) is 30.4. The normalized spacial score (nSPS) is 33.3. The number of amides is 8. The van der Waals surface area contributed by atoms with Gasteiger partial charge in [0, 0.05) is 134 Å². The number of nitrogens with zero attached hydrogens (tertiary/aromatic N) is 2. The quantitative estimate of drug-likeness (QED) is 0.00872. The summed E-state index contributed by atoms with van der Waals surface area (Å²) < 4.78 is 14.8. The Kier molecular flexibility index (Phi) is 32.7. The van der Waals surface area contributed by atoms with Gasteiger partial charge in [-0.25, -0.2) is 4.79 Å². The highest BCUT2D eigenvalue weighted by molar-refractivity contribution is 8.00. The molecular weight excluding hydrogens is 1760 g/mol. The lowest BCUT2D eigenvalue weighted by molar-refractivity contribution is -0.124. The number of hydrogen-bond donors (Lipinski definition) is 11. The fraction of sp³-hybridized carbons (Fsp3) is 0.640. The van der Waals surface area contributed by atoms with Gasteiger partial charge >= 0.3 is 6.03 Å². The summed E-state index contributed by atoms with van der Waals surface area (Å²) >= 11 is 1.89. The van der Waals surface area contributed by atoms with Crippen molar-refractivity contribution >= 4 is 64.8 Å². The van der Waals surface area contributed by atoms with Gasteiger partial charge in [-0.2, -0.15) is 11.8 Å². The predicted molar refractivity (Wildman–Crippen MR) is 544 cm³/mol. The van der Waals surface area contributed by atoms with E-state index in [9.17, 15) is 53.4 Å². The zero-order chi connectivity index (χ0) is 97.6. The predicted octanol–water partition coefficient (Wildman–Crippen LogP) is 15.5. The van der Waals surface area contributed by atoms with Gasteiger partial charge in [0.05, 0.1) is 47.7 Å². The van der Waals surface area contributed by atoms with E-state index in [2.05, 4.69) is 120 Å². The summed E-state index contributed by atoms with van der Waals surface area (Å²) in [6, 6.07) is 30.6. The number of nitrogens with two attached hydrogens (primary N) is 1. The molecule has 5 unspecified atom stereocenters. The summed E-state index contributed by atoms with van der Waals surface area (Å²) in [5, 5.41) is 46.0. The first-order valence-corrected chi connectivity index (χ1v) is 54.6. The molecule has 4 saturated carbocycles. The molecule has 0 bridgehead atoms. The van der Waals surface area contributed by atoms with Gasteiger partial charge in [-0.15, -0.1) is 0 Å². The van der Waals surface area contributed by atoms with Gasteiger partial charge in [-0.05, 0) is 281 Å². The monoisotopic (exact) mass is 1920 g/mol. The van der Waals surface area contributed by atoms with Crippen LogP contribution in [0.4, 0.5) is 4.79 Å². The lowest BCUT2D eigenvalue weighted by atomic mass is 9.56. The maximum Gasteiger partial charge on any atom is 0.315 e. The number of unbranched alkanes of at least 4 members (excludes halogenated alkanes) is 5. The van der Waals surface area contributed by atoms with Crippen LogP contribution in [0, 0.1) is 70.0 Å². The van der Waals surface area contributed by atoms with E-state index >= 15 is 0 Å². The second kappa shape index (κ2) is 44.7. The Balaban J connectivity index is 0.000000203. The van der Waals surface area contributed by atoms with Crippen molar-refractivity contribution in [1.82, 2.24) is 52.3 Å². The van der Waals surface area contributed by atoms with Crippen molar-refractivity contribution < 1.29 is 62.8 Å². The number of benzene rings is 4. The molecule has 24 nitrogen and oxygen atoms in total. The summed E-state index contributed by atoms with van der Waals surface area (Å²) in [6.45, 7) is 25.0. The van der Waals surface area contributed by atoms with Gasteiger partial charge < -0.3 is 68.0 Å². The number of ether oxygens (including phenoxy) is 2. The largest absolute Gasteiger partial charge is 0.393 e. The molecule has 25 atom stereocenters. The molecule has 752 valence electrons. The molecule has 8 aliphatic carbocycles. The minimum Gasteiger partial charge on any atom is -0.393 e. The van der Waals surface area contributed by atoms with Crippen LogP contribution in [0.2, 0.25) is 0 Å². The van der Waals surface area contributed by atoms with Gasteiger partial charge in [-0.3, -0.25) is 48.2 Å². The molecule has 139 heavy (non-hydrogen) atoms. The molecule has 6 heterocycles. The van der Waals surface area contributed by atoms with E-state index in [1.807, 2.05) is 48.2 Å². The third-order valence-corrected chi connectivity index (χ3v) is 37.9. The van der Waals surface area contributed by atoms with E-state index in [1.54, 1.807) is 83.9 Å². The molecule has 2 spiro atoms. The van der Waals surface area contributed by atoms with Gasteiger partial charge in [-0.1, -0.05) is 174 Å². The van der Waals surface area contributed by atoms with E-state index in [4.69, 9.17) is 15.2 Å². The second-order valence-electron chi connectivity index (χ2n) is 44.8. The summed E-state index contributed by atoms with van der Waals surface area (Å²) in [6.07, 6.45) is 31.3. The van der Waals surface area contributed by atoms with Crippen LogP contribution in [0.1, 0.15) is 301 Å². The first kappa shape index (κ1) is 102. The van der Waals surface area contributed by atoms with Gasteiger partial charge in [0.1, 0.15) is 12.1 Å². The second-order valence-corrected chi connectivity index (χ2v) is 46.0. The molecule has 8 amide bonds. The standard InChI is InChI=1S/C65H91N7O8S.C49H66N4O5/c1-40-35-54-59(42(3)65(80-54)30-28-48-49-26-25-46-36-47(73)27-29-64(46,4)51(49)37-50(48)41(65)2)72(38-40)34-33-68-62(78)52(69-61(77)45-23-21-44(22-24-45)60(76)43-15-7-5-8-16-43)17-12-14-32-67-56(74)19-9-6-13-31-66-57(75)20-11-10-18-55-58-53(39-81-55)70-63(79)71-58;1-30-26-43-44(32(3)49(58-43)22-20-38-39-18-17-36-27-37(54)19-21-48(36,4)41(39)28-40(38)31(49)2)53(29-30)25-24-51-47(57)42(12-8-9-23-50)52-46(56)35-15-13-34(14-16-35)45(55)33-10-6-5-7-11-33/h5,7-8,15-16,21-25,40,42,47-49,51-55,58-59,73H,6,9-14,17-20,26-39H2,1-4H3,(H,66,75)(H,67,74)(H,68,78)(H,69,77)(H2,70,71,79);5-7,10-11,13-17,30,32,37-39,41-44,54H,8-9,12,18-29,50H2,1-4H3,(H,51,57)(H,52,56)/t40-,42+,47-,48-,49-,51-,52?,53-,54+,55?,58-,59-,64-,65?;30-,32+,37-,38-,39-,41-,42?,43+,44-,48-,49?/m00/s1. The number of likely N-dealkylation sites (tertiary alicyclic amines) is 2. The molecule has 14 aliphatic rings. The van der Waals surface area contributed by atoms with E-state index in [0.29, 0.717) is 170 Å². The van der Waals surface area contributed by atoms with Gasteiger partial charge in [0.15, 0.2) is 11.6 Å². The number of thioether (sulfide) groups is 1. The van der Waals surface area contributed by atoms with Crippen LogP contribution >= 0.6 is 11.8 Å². The topological polar surface area (TPSA) is 341 Å². The number of fused-ring (bicyclic) bond motifs is 13. The van der Waals surface area contributed by atoms with Crippen molar-refractivity contribution in [3.05, 3.63) is 188 Å². The number of carbonyl (C=O) groups excluding carboxylic acids is 9. The maximum atomic E-state index is 14.2. The van der Waals surface area contributed by atoms with E-state index in [1.165, 1.54) is 35.1 Å². The molecule has 18 rings (SSSR count). The molecule has 6 aliphatic heterocycles. The number of allylic oxidation sites excluding steroid dienone is 4. The molecule has 12 N–H and O–H groups in total. The van der Waals surface area contributed by atoms with Crippen LogP contribution in [0.5, 0.6) is 0 Å². The highest BCUT2D eigenvalue weighted by Gasteiger charge is 2.65. The van der Waals surface area contributed by atoms with Crippen molar-refractivity contribution in [2.24, 2.45) is 75.7 Å². The number of piperidine rings is 2. The molecule has 25 heteroatoms. The van der Waals surface area contributed by atoms with Crippen molar-refractivity contribution in [2.75, 3.05) is 64.7 Å². The maximum absolute atomic E-state index is 14.2. The average molecular weight is 1920 g/mol. The van der Waals surface area contributed by atoms with E-state index < -0.39 is 18.0 Å². The van der Waals surface area contributed by atoms with Crippen LogP contribution < -0.4 is 48.3 Å². The summed E-state index contributed by atoms with van der Waals surface area (Å²) in [5.41, 5.74) is 17.9. The average Bonchev–Trinajstić information content (AvgIpc) is 1.55. The first-order chi connectivity index (χ1) is 67.0. The fourth-order valence-electron chi connectivity index (χ4n) is 28.9. The number of aliphatic hydroxyl groups is 2. The Morgan fingerprint density at radius 2 is 0.935 bits per heavy atom. The van der Waals surface area contributed by atoms with Crippen LogP contribution in [-0.2, 0) is 28.7 Å². The van der Waals surface area contributed by atoms with Crippen molar-refractivity contribution in [3.8, 4) is 0 Å². The van der Waals surface area contributed by atoms with Crippen molar-refractivity contribution in [2.45, 2.75) is 325 Å². The van der Waals surface area contributed by atoms with Gasteiger partial charge in [0.2, 0.25) is 23.6 Å². The lowest BCUT2D eigenvalue weighted by Gasteiger charge is -2.49. The Hall–Kier alpha value is -8.66. The number of hydrogen-bond acceptors (Lipinski definition) is 17. The smallest absolute Gasteiger partial charge is 0.315 e. The minimum atomic E-state index is -0.810. The number of ketones is 2. The number of rotatable bonds is 36. The summed E-state index contributed by atoms with van der Waals surface area (Å²) in [7, 11) is 0. The van der Waals surface area contributed by atoms with Crippen LogP contribution in [0.25, 0.3) is 0 Å². The summed E-state index contributed by atoms with van der Waals surface area (Å²) in [5.74, 6) is 5.01. The van der Waals surface area contributed by atoms with Crippen LogP contribution in [0.15, 0.2) is 155 Å². The van der Waals surface area contributed by atoms with Crippen LogP contribution in [-0.4, -0.2) is 215 Å². The third-order valence-electron chi connectivity index (χ3n) is 36.4. The molecule has 6 saturated heterocycles. The first-order valence-electron chi connectivity index (χ1n) is 53.5. The molecule has 0 radical (unpaired) electrons. The number of aliphatic hydroxyl groups excluding tert-OH is 2.